The normalized spacial score (nSPS) is 10.6. The molecule has 17 heavy (non-hydrogen) atoms. The van der Waals surface area contributed by atoms with Gasteiger partial charge >= 0.3 is 0 Å². The van der Waals surface area contributed by atoms with Crippen molar-refractivity contribution in [3.63, 3.8) is 0 Å². The highest BCUT2D eigenvalue weighted by Gasteiger charge is 2.02. The number of thiazole rings is 1. The molecule has 0 aliphatic heterocycles. The molecule has 3 aromatic rings. The van der Waals surface area contributed by atoms with Crippen LogP contribution < -0.4 is 11.1 Å². The second-order valence-electron chi connectivity index (χ2n) is 3.73. The molecule has 0 radical (unpaired) electrons. The molecule has 0 bridgehead atoms. The van der Waals surface area contributed by atoms with Crippen LogP contribution in [0.3, 0.4) is 0 Å². The number of nitrogens with two attached hydrogens (primary N) is 1. The maximum Gasteiger partial charge on any atom is 0.181 e. The molecule has 3 nitrogen and oxygen atoms in total. The van der Waals surface area contributed by atoms with Crippen molar-refractivity contribution in [2.24, 2.45) is 0 Å². The summed E-state index contributed by atoms with van der Waals surface area (Å²) < 4.78 is 1.10. The zero-order valence-corrected chi connectivity index (χ0v) is 9.87. The molecular formula is C13H11N3S. The van der Waals surface area contributed by atoms with Gasteiger partial charge < -0.3 is 11.1 Å². The minimum absolute atomic E-state index is 0.608. The lowest BCUT2D eigenvalue weighted by Gasteiger charge is -2.05. The standard InChI is InChI=1S/C13H11N3S/c14-13-16-11-7-6-10(8-12(11)17-13)15-9-4-2-1-3-5-9/h1-8,15H,(H2,14,16). The minimum Gasteiger partial charge on any atom is -0.375 e. The summed E-state index contributed by atoms with van der Waals surface area (Å²) in [6.45, 7) is 0. The average Bonchev–Trinajstić information content (AvgIpc) is 2.70. The average molecular weight is 241 g/mol. The molecular weight excluding hydrogens is 230 g/mol. The van der Waals surface area contributed by atoms with Gasteiger partial charge in [0.15, 0.2) is 5.13 Å². The first kappa shape index (κ1) is 10.1. The zero-order valence-electron chi connectivity index (χ0n) is 9.05. The third kappa shape index (κ3) is 2.07. The predicted molar refractivity (Wildman–Crippen MR) is 73.8 cm³/mol. The number of hydrogen-bond acceptors (Lipinski definition) is 4. The van der Waals surface area contributed by atoms with Gasteiger partial charge in [-0.3, -0.25) is 0 Å². The molecule has 1 heterocycles. The summed E-state index contributed by atoms with van der Waals surface area (Å²) in [5.41, 5.74) is 8.75. The van der Waals surface area contributed by atoms with Crippen molar-refractivity contribution in [3.05, 3.63) is 48.5 Å². The summed E-state index contributed by atoms with van der Waals surface area (Å²) in [4.78, 5) is 4.23. The van der Waals surface area contributed by atoms with Gasteiger partial charge in [-0.1, -0.05) is 29.5 Å². The lowest BCUT2D eigenvalue weighted by atomic mass is 10.2. The Morgan fingerprint density at radius 3 is 2.65 bits per heavy atom. The molecule has 2 aromatic carbocycles. The fourth-order valence-corrected chi connectivity index (χ4v) is 2.48. The Morgan fingerprint density at radius 2 is 1.82 bits per heavy atom. The smallest absolute Gasteiger partial charge is 0.181 e. The van der Waals surface area contributed by atoms with Gasteiger partial charge in [0.05, 0.1) is 10.2 Å². The van der Waals surface area contributed by atoms with Gasteiger partial charge in [-0.2, -0.15) is 0 Å². The van der Waals surface area contributed by atoms with Crippen LogP contribution in [0.5, 0.6) is 0 Å². The SMILES string of the molecule is Nc1nc2ccc(Nc3ccccc3)cc2s1. The highest BCUT2D eigenvalue weighted by molar-refractivity contribution is 7.22. The summed E-state index contributed by atoms with van der Waals surface area (Å²) >= 11 is 1.50. The fourth-order valence-electron chi connectivity index (χ4n) is 1.71. The van der Waals surface area contributed by atoms with E-state index in [9.17, 15) is 0 Å². The van der Waals surface area contributed by atoms with Crippen LogP contribution in [0.15, 0.2) is 48.5 Å². The second kappa shape index (κ2) is 4.07. The number of anilines is 3. The van der Waals surface area contributed by atoms with Gasteiger partial charge in [0.25, 0.3) is 0 Å². The van der Waals surface area contributed by atoms with E-state index in [-0.39, 0.29) is 0 Å². The van der Waals surface area contributed by atoms with E-state index >= 15 is 0 Å². The minimum atomic E-state index is 0.608. The predicted octanol–water partition coefficient (Wildman–Crippen LogP) is 3.62. The van der Waals surface area contributed by atoms with Crippen LogP contribution in [0, 0.1) is 0 Å². The maximum absolute atomic E-state index is 5.68. The van der Waals surface area contributed by atoms with Gasteiger partial charge in [-0.25, -0.2) is 4.98 Å². The highest BCUT2D eigenvalue weighted by Crippen LogP contribution is 2.27. The number of nitrogens with one attached hydrogen (secondary N) is 1. The van der Waals surface area contributed by atoms with Crippen LogP contribution in [-0.4, -0.2) is 4.98 Å². The first-order valence-corrected chi connectivity index (χ1v) is 6.11. The molecule has 84 valence electrons. The van der Waals surface area contributed by atoms with Gasteiger partial charge in [-0.05, 0) is 30.3 Å². The molecule has 3 N–H and O–H groups in total. The number of aromatic nitrogens is 1. The molecule has 4 heteroatoms. The molecule has 0 aliphatic carbocycles. The molecule has 0 fully saturated rings. The van der Waals surface area contributed by atoms with E-state index in [0.717, 1.165) is 21.6 Å². The molecule has 1 aromatic heterocycles. The van der Waals surface area contributed by atoms with Crippen molar-refractivity contribution in [1.82, 2.24) is 4.98 Å². The van der Waals surface area contributed by atoms with Gasteiger partial charge in [0.1, 0.15) is 0 Å². The Kier molecular flexibility index (Phi) is 2.42. The Hall–Kier alpha value is -2.07. The third-order valence-electron chi connectivity index (χ3n) is 2.47. The molecule has 0 aliphatic rings. The molecule has 0 saturated heterocycles. The van der Waals surface area contributed by atoms with E-state index < -0.39 is 0 Å². The molecule has 0 spiro atoms. The second-order valence-corrected chi connectivity index (χ2v) is 4.79. The van der Waals surface area contributed by atoms with Crippen molar-refractivity contribution < 1.29 is 0 Å². The lowest BCUT2D eigenvalue weighted by Crippen LogP contribution is -1.88. The van der Waals surface area contributed by atoms with Crippen molar-refractivity contribution >= 4 is 38.1 Å². The largest absolute Gasteiger partial charge is 0.375 e. The number of rotatable bonds is 2. The lowest BCUT2D eigenvalue weighted by molar-refractivity contribution is 1.49. The van der Waals surface area contributed by atoms with Crippen LogP contribution in [-0.2, 0) is 0 Å². The molecule has 0 unspecified atom stereocenters. The van der Waals surface area contributed by atoms with Crippen LogP contribution in [0.2, 0.25) is 0 Å². The molecule has 0 atom stereocenters. The van der Waals surface area contributed by atoms with Crippen molar-refractivity contribution in [1.29, 1.82) is 0 Å². The van der Waals surface area contributed by atoms with Crippen LogP contribution in [0.4, 0.5) is 16.5 Å². The number of benzene rings is 2. The van der Waals surface area contributed by atoms with Crippen LogP contribution in [0.1, 0.15) is 0 Å². The number of nitrogen functional groups attached to an aromatic ring is 1. The summed E-state index contributed by atoms with van der Waals surface area (Å²) in [6, 6.07) is 16.1. The highest BCUT2D eigenvalue weighted by atomic mass is 32.1. The number of hydrogen-bond donors (Lipinski definition) is 2. The Balaban J connectivity index is 1.95. The summed E-state index contributed by atoms with van der Waals surface area (Å²) in [5.74, 6) is 0. The quantitative estimate of drug-likeness (QED) is 0.720. The first-order valence-electron chi connectivity index (χ1n) is 5.29. The van der Waals surface area contributed by atoms with Crippen LogP contribution in [0.25, 0.3) is 10.2 Å². The maximum atomic E-state index is 5.68. The van der Waals surface area contributed by atoms with E-state index in [0.29, 0.717) is 5.13 Å². The summed E-state index contributed by atoms with van der Waals surface area (Å²) in [6.07, 6.45) is 0. The molecule has 3 rings (SSSR count). The molecule has 0 saturated carbocycles. The van der Waals surface area contributed by atoms with E-state index in [1.54, 1.807) is 0 Å². The summed E-state index contributed by atoms with van der Waals surface area (Å²) in [7, 11) is 0. The van der Waals surface area contributed by atoms with Gasteiger partial charge in [0, 0.05) is 11.4 Å². The summed E-state index contributed by atoms with van der Waals surface area (Å²) in [5, 5.41) is 3.95. The monoisotopic (exact) mass is 241 g/mol. The van der Waals surface area contributed by atoms with Crippen LogP contribution >= 0.6 is 11.3 Å². The van der Waals surface area contributed by atoms with Crippen molar-refractivity contribution in [2.75, 3.05) is 11.1 Å². The fraction of sp³-hybridized carbons (Fsp3) is 0. The first-order chi connectivity index (χ1) is 8.31. The van der Waals surface area contributed by atoms with Gasteiger partial charge in [-0.15, -0.1) is 0 Å². The van der Waals surface area contributed by atoms with Crippen molar-refractivity contribution in [3.8, 4) is 0 Å². The van der Waals surface area contributed by atoms with Gasteiger partial charge in [0.2, 0.25) is 0 Å². The number of para-hydroxylation sites is 1. The van der Waals surface area contributed by atoms with E-state index in [2.05, 4.69) is 16.4 Å². The Labute approximate surface area is 103 Å². The Bertz CT molecular complexity index is 646. The topological polar surface area (TPSA) is 50.9 Å². The zero-order chi connectivity index (χ0) is 11.7. The third-order valence-corrected chi connectivity index (χ3v) is 3.31. The van der Waals surface area contributed by atoms with E-state index in [1.165, 1.54) is 11.3 Å². The Morgan fingerprint density at radius 1 is 1.00 bits per heavy atom. The number of fused-ring (bicyclic) bond motifs is 1. The van der Waals surface area contributed by atoms with Crippen molar-refractivity contribution in [2.45, 2.75) is 0 Å². The van der Waals surface area contributed by atoms with E-state index in [4.69, 9.17) is 5.73 Å². The molecule has 0 amide bonds. The number of nitrogens with zero attached hydrogens (tertiary/aromatic N) is 1. The van der Waals surface area contributed by atoms with E-state index in [1.807, 2.05) is 42.5 Å².